The normalized spacial score (nSPS) is 23.2. The second-order valence-electron chi connectivity index (χ2n) is 3.75. The van der Waals surface area contributed by atoms with Crippen molar-refractivity contribution in [2.24, 2.45) is 5.92 Å². The van der Waals surface area contributed by atoms with Gasteiger partial charge < -0.3 is 14.2 Å². The predicted octanol–water partition coefficient (Wildman–Crippen LogP) is 1.88. The van der Waals surface area contributed by atoms with Crippen LogP contribution < -0.4 is 0 Å². The fraction of sp³-hybridized carbons (Fsp3) is 0.900. The zero-order valence-corrected chi connectivity index (χ0v) is 9.46. The molecule has 7 heteroatoms. The van der Waals surface area contributed by atoms with Gasteiger partial charge in [-0.1, -0.05) is 0 Å². The van der Waals surface area contributed by atoms with Gasteiger partial charge in [-0.3, -0.25) is 4.79 Å². The molecule has 0 aliphatic carbocycles. The van der Waals surface area contributed by atoms with E-state index in [4.69, 9.17) is 9.47 Å². The van der Waals surface area contributed by atoms with Gasteiger partial charge in [0.05, 0.1) is 13.7 Å². The molecule has 1 aliphatic rings. The second kappa shape index (κ2) is 6.20. The van der Waals surface area contributed by atoms with Gasteiger partial charge in [-0.15, -0.1) is 0 Å². The maximum Gasteiger partial charge on any atom is 0.404 e. The molecule has 0 aromatic heterocycles. The summed E-state index contributed by atoms with van der Waals surface area (Å²) in [7, 11) is 0.915. The highest BCUT2D eigenvalue weighted by molar-refractivity contribution is 5.73. The number of methoxy groups -OCH3 is 1. The summed E-state index contributed by atoms with van der Waals surface area (Å²) in [6.45, 7) is -0.291. The largest absolute Gasteiger partial charge is 0.468 e. The maximum absolute atomic E-state index is 12.5. The van der Waals surface area contributed by atoms with E-state index in [1.54, 1.807) is 0 Å². The van der Waals surface area contributed by atoms with Gasteiger partial charge in [0.1, 0.15) is 0 Å². The van der Waals surface area contributed by atoms with E-state index in [-0.39, 0.29) is 0 Å². The fourth-order valence-electron chi connectivity index (χ4n) is 1.48. The van der Waals surface area contributed by atoms with E-state index in [1.165, 1.54) is 0 Å². The minimum absolute atomic E-state index is 0.472. The summed E-state index contributed by atoms with van der Waals surface area (Å²) >= 11 is 0. The first-order valence-corrected chi connectivity index (χ1v) is 5.33. The number of carbonyl (C=O) groups is 1. The summed E-state index contributed by atoms with van der Waals surface area (Å²) in [6, 6.07) is 0. The number of esters is 1. The lowest BCUT2D eigenvalue weighted by molar-refractivity contribution is -0.227. The fourth-order valence-corrected chi connectivity index (χ4v) is 1.48. The molecule has 1 aliphatic heterocycles. The number of halogens is 3. The van der Waals surface area contributed by atoms with Crippen molar-refractivity contribution in [2.75, 3.05) is 20.3 Å². The van der Waals surface area contributed by atoms with Crippen LogP contribution in [0.1, 0.15) is 19.3 Å². The van der Waals surface area contributed by atoms with Crippen LogP contribution in [0.5, 0.6) is 0 Å². The van der Waals surface area contributed by atoms with Gasteiger partial charge >= 0.3 is 12.1 Å². The molecular formula is C10H15F3O4. The maximum atomic E-state index is 12.5. The molecule has 100 valence electrons. The third-order valence-corrected chi connectivity index (χ3v) is 2.47. The van der Waals surface area contributed by atoms with Gasteiger partial charge in [-0.25, -0.2) is 0 Å². The molecule has 4 nitrogen and oxygen atoms in total. The van der Waals surface area contributed by atoms with Crippen molar-refractivity contribution in [1.82, 2.24) is 0 Å². The second-order valence-corrected chi connectivity index (χ2v) is 3.75. The molecule has 0 radical (unpaired) electrons. The van der Waals surface area contributed by atoms with Crippen molar-refractivity contribution in [3.05, 3.63) is 0 Å². The summed E-state index contributed by atoms with van der Waals surface area (Å²) in [6.07, 6.45) is -3.05. The van der Waals surface area contributed by atoms with E-state index in [2.05, 4.69) is 4.74 Å². The monoisotopic (exact) mass is 256 g/mol. The molecule has 0 aromatic carbocycles. The average Bonchev–Trinajstić information content (AvgIpc) is 2.28. The molecule has 1 unspecified atom stereocenters. The minimum Gasteiger partial charge on any atom is -0.468 e. The van der Waals surface area contributed by atoms with Crippen LogP contribution in [0.25, 0.3) is 0 Å². The molecule has 0 saturated carbocycles. The Balaban J connectivity index is 2.46. The number of rotatable bonds is 4. The Morgan fingerprint density at radius 1 is 1.47 bits per heavy atom. The van der Waals surface area contributed by atoms with E-state index in [0.717, 1.165) is 20.0 Å². The third-order valence-electron chi connectivity index (χ3n) is 2.47. The van der Waals surface area contributed by atoms with Gasteiger partial charge in [0.2, 0.25) is 0 Å². The molecule has 1 heterocycles. The molecule has 1 rings (SSSR count). The first-order valence-electron chi connectivity index (χ1n) is 5.33. The summed E-state index contributed by atoms with van der Waals surface area (Å²) in [5.41, 5.74) is 0. The lowest BCUT2D eigenvalue weighted by atomic mass is 10.1. The lowest BCUT2D eigenvalue weighted by Gasteiger charge is -2.25. The Bertz CT molecular complexity index is 248. The Labute approximate surface area is 97.0 Å². The standard InChI is InChI=1S/C10H15F3O4/c1-15-9(14)7(10(11,12)13)6-17-8-4-2-3-5-16-8/h7-8H,2-6H2,1H3/t7-,8?/m0/s1. The molecule has 0 N–H and O–H groups in total. The van der Waals surface area contributed by atoms with Crippen LogP contribution in [0.3, 0.4) is 0 Å². The number of carbonyl (C=O) groups excluding carboxylic acids is 1. The lowest BCUT2D eigenvalue weighted by Crippen LogP contribution is -2.37. The van der Waals surface area contributed by atoms with Gasteiger partial charge in [-0.2, -0.15) is 13.2 Å². The summed E-state index contributed by atoms with van der Waals surface area (Å²) in [5.74, 6) is -3.59. The number of hydrogen-bond donors (Lipinski definition) is 0. The molecule has 17 heavy (non-hydrogen) atoms. The number of hydrogen-bond acceptors (Lipinski definition) is 4. The highest BCUT2D eigenvalue weighted by atomic mass is 19.4. The van der Waals surface area contributed by atoms with Crippen molar-refractivity contribution in [1.29, 1.82) is 0 Å². The van der Waals surface area contributed by atoms with Crippen LogP contribution in [-0.4, -0.2) is 38.8 Å². The summed E-state index contributed by atoms with van der Waals surface area (Å²) in [5, 5.41) is 0. The van der Waals surface area contributed by atoms with Crippen LogP contribution >= 0.6 is 0 Å². The van der Waals surface area contributed by atoms with E-state index < -0.39 is 31.0 Å². The Hall–Kier alpha value is -0.820. The van der Waals surface area contributed by atoms with E-state index in [9.17, 15) is 18.0 Å². The van der Waals surface area contributed by atoms with E-state index in [0.29, 0.717) is 13.0 Å². The molecule has 0 amide bonds. The molecular weight excluding hydrogens is 241 g/mol. The quantitative estimate of drug-likeness (QED) is 0.720. The first-order chi connectivity index (χ1) is 7.95. The summed E-state index contributed by atoms with van der Waals surface area (Å²) < 4.78 is 51.6. The van der Waals surface area contributed by atoms with Crippen molar-refractivity contribution < 1.29 is 32.2 Å². The first kappa shape index (κ1) is 14.2. The van der Waals surface area contributed by atoms with Crippen LogP contribution in [0.4, 0.5) is 13.2 Å². The number of ether oxygens (including phenoxy) is 3. The average molecular weight is 256 g/mol. The summed E-state index contributed by atoms with van der Waals surface area (Å²) in [4.78, 5) is 11.0. The van der Waals surface area contributed by atoms with Crippen LogP contribution in [0.2, 0.25) is 0 Å². The Morgan fingerprint density at radius 2 is 2.18 bits per heavy atom. The van der Waals surface area contributed by atoms with Gasteiger partial charge in [0, 0.05) is 6.61 Å². The Morgan fingerprint density at radius 3 is 2.65 bits per heavy atom. The van der Waals surface area contributed by atoms with Crippen LogP contribution in [-0.2, 0) is 19.0 Å². The Kier molecular flexibility index (Phi) is 5.20. The third kappa shape index (κ3) is 4.51. The SMILES string of the molecule is COC(=O)[C@H](COC1CCCCO1)C(F)(F)F. The molecule has 0 aromatic rings. The zero-order chi connectivity index (χ0) is 12.9. The predicted molar refractivity (Wildman–Crippen MR) is 51.1 cm³/mol. The molecule has 0 bridgehead atoms. The van der Waals surface area contributed by atoms with Gasteiger partial charge in [0.15, 0.2) is 12.2 Å². The number of alkyl halides is 3. The van der Waals surface area contributed by atoms with E-state index in [1.807, 2.05) is 0 Å². The highest BCUT2D eigenvalue weighted by Gasteiger charge is 2.46. The van der Waals surface area contributed by atoms with Crippen molar-refractivity contribution in [3.63, 3.8) is 0 Å². The molecule has 1 fully saturated rings. The minimum atomic E-state index is -4.66. The molecule has 2 atom stereocenters. The van der Waals surface area contributed by atoms with Crippen molar-refractivity contribution in [3.8, 4) is 0 Å². The van der Waals surface area contributed by atoms with Crippen molar-refractivity contribution in [2.45, 2.75) is 31.7 Å². The van der Waals surface area contributed by atoms with Gasteiger partial charge in [-0.05, 0) is 19.3 Å². The smallest absolute Gasteiger partial charge is 0.404 e. The van der Waals surface area contributed by atoms with Crippen LogP contribution in [0.15, 0.2) is 0 Å². The van der Waals surface area contributed by atoms with E-state index >= 15 is 0 Å². The highest BCUT2D eigenvalue weighted by Crippen LogP contribution is 2.28. The van der Waals surface area contributed by atoms with Crippen LogP contribution in [0, 0.1) is 5.92 Å². The zero-order valence-electron chi connectivity index (χ0n) is 9.46. The molecule has 0 spiro atoms. The van der Waals surface area contributed by atoms with Crippen molar-refractivity contribution >= 4 is 5.97 Å². The van der Waals surface area contributed by atoms with Gasteiger partial charge in [0.25, 0.3) is 0 Å². The molecule has 1 saturated heterocycles. The topological polar surface area (TPSA) is 44.8 Å².